The standard InChI is InChI=1S/C17H19N3O8.C6H4/c1-2-11-3-4-12(5-19(7-14(21)22)8-15(23)24)18-13(11)6-20(9-16(25)26)10-17(27)28;1-2-6-4-3-5(1)6/h1,3-4H,5-10H2,(H,21,22)(H,23,24)(H,25,26)(H,27,28);1-4H. The summed E-state index contributed by atoms with van der Waals surface area (Å²) >= 11 is 0. The van der Waals surface area contributed by atoms with E-state index in [1.807, 2.05) is 0 Å². The molecule has 2 aliphatic rings. The second-order valence-electron chi connectivity index (χ2n) is 7.38. The summed E-state index contributed by atoms with van der Waals surface area (Å²) in [5.74, 6) is -2.51. The molecule has 0 atom stereocenters. The van der Waals surface area contributed by atoms with Crippen LogP contribution in [0.2, 0.25) is 0 Å². The number of aromatic nitrogens is 1. The van der Waals surface area contributed by atoms with E-state index >= 15 is 0 Å². The van der Waals surface area contributed by atoms with Crippen molar-refractivity contribution in [2.45, 2.75) is 13.1 Å². The molecule has 0 amide bonds. The van der Waals surface area contributed by atoms with Crippen molar-refractivity contribution in [2.24, 2.45) is 0 Å². The minimum absolute atomic E-state index is 0.103. The van der Waals surface area contributed by atoms with Crippen LogP contribution in [0.5, 0.6) is 0 Å². The summed E-state index contributed by atoms with van der Waals surface area (Å²) in [6.45, 7) is -2.41. The second-order valence-corrected chi connectivity index (χ2v) is 7.38. The van der Waals surface area contributed by atoms with Crippen LogP contribution in [0.15, 0.2) is 36.4 Å². The Labute approximate surface area is 194 Å². The topological polar surface area (TPSA) is 169 Å². The number of hydrogen-bond donors (Lipinski definition) is 4. The molecule has 34 heavy (non-hydrogen) atoms. The van der Waals surface area contributed by atoms with Gasteiger partial charge in [-0.05, 0) is 23.3 Å². The van der Waals surface area contributed by atoms with Crippen LogP contribution in [0.3, 0.4) is 0 Å². The minimum Gasteiger partial charge on any atom is -0.480 e. The van der Waals surface area contributed by atoms with Crippen molar-refractivity contribution in [3.8, 4) is 23.5 Å². The average molecular weight is 469 g/mol. The van der Waals surface area contributed by atoms with E-state index in [-0.39, 0.29) is 18.8 Å². The Morgan fingerprint density at radius 3 is 1.44 bits per heavy atom. The average Bonchev–Trinajstić information content (AvgIpc) is 2.69. The van der Waals surface area contributed by atoms with Crippen LogP contribution in [0, 0.1) is 12.3 Å². The number of aliphatic carboxylic acids is 4. The highest BCUT2D eigenvalue weighted by Crippen LogP contribution is 2.29. The van der Waals surface area contributed by atoms with Gasteiger partial charge in [0, 0.05) is 18.7 Å². The first-order valence-corrected chi connectivity index (χ1v) is 9.95. The zero-order chi connectivity index (χ0) is 25.3. The van der Waals surface area contributed by atoms with Crippen molar-refractivity contribution in [1.82, 2.24) is 14.8 Å². The van der Waals surface area contributed by atoms with Crippen LogP contribution in [0.1, 0.15) is 17.0 Å². The van der Waals surface area contributed by atoms with Crippen LogP contribution >= 0.6 is 0 Å². The Kier molecular flexibility index (Phi) is 9.25. The van der Waals surface area contributed by atoms with Crippen molar-refractivity contribution < 1.29 is 39.6 Å². The molecule has 0 fully saturated rings. The number of terminal acetylenes is 1. The molecule has 1 aromatic rings. The lowest BCUT2D eigenvalue weighted by Crippen LogP contribution is -2.35. The summed E-state index contributed by atoms with van der Waals surface area (Å²) < 4.78 is 0. The maximum absolute atomic E-state index is 10.9. The van der Waals surface area contributed by atoms with Crippen LogP contribution in [-0.4, -0.2) is 85.3 Å². The smallest absolute Gasteiger partial charge is 0.317 e. The summed E-state index contributed by atoms with van der Waals surface area (Å²) in [5.41, 5.74) is 3.70. The van der Waals surface area contributed by atoms with Gasteiger partial charge in [0.2, 0.25) is 0 Å². The summed E-state index contributed by atoms with van der Waals surface area (Å²) in [4.78, 5) is 50.2. The van der Waals surface area contributed by atoms with E-state index in [0.717, 1.165) is 9.80 Å². The van der Waals surface area contributed by atoms with E-state index in [0.29, 0.717) is 11.3 Å². The third-order valence-electron chi connectivity index (χ3n) is 4.60. The van der Waals surface area contributed by atoms with Gasteiger partial charge in [-0.1, -0.05) is 30.2 Å². The third kappa shape index (κ3) is 8.34. The predicted octanol–water partition coefficient (Wildman–Crippen LogP) is 0.672. The number of carbonyl (C=O) groups is 4. The predicted molar refractivity (Wildman–Crippen MR) is 119 cm³/mol. The van der Waals surface area contributed by atoms with Crippen LogP contribution in [-0.2, 0) is 32.3 Å². The van der Waals surface area contributed by atoms with Crippen LogP contribution in [0.25, 0.3) is 11.1 Å². The number of pyridine rings is 1. The maximum Gasteiger partial charge on any atom is 0.317 e. The van der Waals surface area contributed by atoms with Gasteiger partial charge in [-0.2, -0.15) is 0 Å². The maximum atomic E-state index is 10.9. The summed E-state index contributed by atoms with van der Waals surface area (Å²) in [5, 5.41) is 35.7. The fourth-order valence-electron chi connectivity index (χ4n) is 3.09. The fraction of sp³-hybridized carbons (Fsp3) is 0.261. The highest BCUT2D eigenvalue weighted by atomic mass is 16.4. The summed E-state index contributed by atoms with van der Waals surface area (Å²) in [7, 11) is 0. The molecule has 1 heterocycles. The molecule has 0 unspecified atom stereocenters. The number of carboxylic acids is 4. The Morgan fingerprint density at radius 2 is 1.12 bits per heavy atom. The van der Waals surface area contributed by atoms with E-state index in [1.54, 1.807) is 0 Å². The fourth-order valence-corrected chi connectivity index (χ4v) is 3.09. The van der Waals surface area contributed by atoms with Crippen LogP contribution in [0.4, 0.5) is 0 Å². The van der Waals surface area contributed by atoms with Gasteiger partial charge in [-0.15, -0.1) is 6.42 Å². The Balaban J connectivity index is 0.000000574. The van der Waals surface area contributed by atoms with E-state index < -0.39 is 50.1 Å². The molecular formula is C23H23N3O8. The molecular weight excluding hydrogens is 446 g/mol. The van der Waals surface area contributed by atoms with E-state index in [9.17, 15) is 19.2 Å². The Bertz CT molecular complexity index is 1060. The second kappa shape index (κ2) is 12.1. The molecule has 0 spiro atoms. The van der Waals surface area contributed by atoms with Gasteiger partial charge in [0.1, 0.15) is 0 Å². The lowest BCUT2D eigenvalue weighted by Gasteiger charge is -2.20. The number of rotatable bonds is 12. The normalized spacial score (nSPS) is 10.7. The molecule has 11 heteroatoms. The molecule has 11 nitrogen and oxygen atoms in total. The van der Waals surface area contributed by atoms with Gasteiger partial charge in [0.05, 0.1) is 37.6 Å². The number of fused-ring (bicyclic) bond motifs is 1. The van der Waals surface area contributed by atoms with Gasteiger partial charge in [-0.25, -0.2) is 0 Å². The zero-order valence-electron chi connectivity index (χ0n) is 18.0. The van der Waals surface area contributed by atoms with Crippen LogP contribution < -0.4 is 0 Å². The van der Waals surface area contributed by atoms with E-state index in [4.69, 9.17) is 26.8 Å². The van der Waals surface area contributed by atoms with Gasteiger partial charge in [-0.3, -0.25) is 34.0 Å². The van der Waals surface area contributed by atoms with Gasteiger partial charge >= 0.3 is 23.9 Å². The van der Waals surface area contributed by atoms with Crippen molar-refractivity contribution in [3.63, 3.8) is 0 Å². The minimum atomic E-state index is -1.23. The van der Waals surface area contributed by atoms with E-state index in [2.05, 4.69) is 35.2 Å². The molecule has 178 valence electrons. The lowest BCUT2D eigenvalue weighted by molar-refractivity contribution is -0.144. The molecule has 4 N–H and O–H groups in total. The first-order chi connectivity index (χ1) is 16.1. The molecule has 0 bridgehead atoms. The quantitative estimate of drug-likeness (QED) is 0.275. The first-order valence-electron chi connectivity index (χ1n) is 9.95. The SMILES string of the molecule is C#Cc1ccc(CN(CC(=O)O)CC(=O)O)nc1CN(CC(=O)O)CC(=O)O.c1cc2ccc1-2. The molecule has 1 aromatic heterocycles. The van der Waals surface area contributed by atoms with Gasteiger partial charge in [0.15, 0.2) is 0 Å². The van der Waals surface area contributed by atoms with Crippen molar-refractivity contribution in [3.05, 3.63) is 53.3 Å². The van der Waals surface area contributed by atoms with Crippen molar-refractivity contribution >= 4 is 23.9 Å². The lowest BCUT2D eigenvalue weighted by atomic mass is 9.95. The highest BCUT2D eigenvalue weighted by Gasteiger charge is 2.19. The number of nitrogens with zero attached hydrogens (tertiary/aromatic N) is 3. The Hall–Kier alpha value is -4.27. The molecule has 3 rings (SSSR count). The molecule has 0 aromatic carbocycles. The summed E-state index contributed by atoms with van der Waals surface area (Å²) in [6, 6.07) is 11.5. The number of carboxylic acid groups (broad SMARTS) is 4. The third-order valence-corrected chi connectivity index (χ3v) is 4.60. The van der Waals surface area contributed by atoms with Gasteiger partial charge < -0.3 is 20.4 Å². The molecule has 2 aliphatic carbocycles. The first kappa shape index (κ1) is 26.0. The van der Waals surface area contributed by atoms with E-state index in [1.165, 1.54) is 23.3 Å². The molecule has 0 saturated heterocycles. The molecule has 0 saturated carbocycles. The zero-order valence-corrected chi connectivity index (χ0v) is 18.0. The summed E-state index contributed by atoms with van der Waals surface area (Å²) in [6.07, 6.45) is 5.40. The molecule has 0 aliphatic heterocycles. The largest absolute Gasteiger partial charge is 0.480 e. The molecule has 0 radical (unpaired) electrons. The number of hydrogen-bond acceptors (Lipinski definition) is 7. The van der Waals surface area contributed by atoms with Gasteiger partial charge in [0.25, 0.3) is 0 Å². The van der Waals surface area contributed by atoms with Crippen molar-refractivity contribution in [2.75, 3.05) is 26.2 Å². The van der Waals surface area contributed by atoms with Crippen molar-refractivity contribution in [1.29, 1.82) is 0 Å². The Morgan fingerprint density at radius 1 is 0.706 bits per heavy atom. The monoisotopic (exact) mass is 469 g/mol. The highest BCUT2D eigenvalue weighted by molar-refractivity contribution is 5.75. The number of benzene rings is 1.